The molecule has 2 rings (SSSR count). The summed E-state index contributed by atoms with van der Waals surface area (Å²) in [7, 11) is 1.50. The van der Waals surface area contributed by atoms with E-state index in [1.807, 2.05) is 18.2 Å². The summed E-state index contributed by atoms with van der Waals surface area (Å²) < 4.78 is 18.7. The number of rotatable bonds is 3. The number of pyridine rings is 1. The molecule has 0 saturated heterocycles. The second kappa shape index (κ2) is 5.05. The van der Waals surface area contributed by atoms with Crippen LogP contribution >= 0.6 is 11.8 Å². The number of hydrogen-bond donors (Lipinski definition) is 1. The number of anilines is 1. The third-order valence-corrected chi connectivity index (χ3v) is 3.12. The van der Waals surface area contributed by atoms with Crippen LogP contribution in [0.2, 0.25) is 0 Å². The van der Waals surface area contributed by atoms with E-state index in [2.05, 4.69) is 4.98 Å². The van der Waals surface area contributed by atoms with Crippen LogP contribution in [0.5, 0.6) is 5.75 Å². The Balaban J connectivity index is 2.33. The summed E-state index contributed by atoms with van der Waals surface area (Å²) in [4.78, 5) is 4.56. The SMILES string of the molecule is COc1cc(Sc2ccccn2)c(F)cc1N. The molecule has 0 fully saturated rings. The highest BCUT2D eigenvalue weighted by Crippen LogP contribution is 2.34. The molecule has 1 aromatic heterocycles. The molecule has 17 heavy (non-hydrogen) atoms. The molecule has 5 heteroatoms. The molecule has 2 aromatic rings. The molecule has 0 amide bonds. The molecule has 0 aliphatic heterocycles. The van der Waals surface area contributed by atoms with Crippen molar-refractivity contribution in [3.63, 3.8) is 0 Å². The number of hydrogen-bond acceptors (Lipinski definition) is 4. The molecule has 3 nitrogen and oxygen atoms in total. The van der Waals surface area contributed by atoms with Crippen LogP contribution in [0.1, 0.15) is 0 Å². The first-order chi connectivity index (χ1) is 8.20. The van der Waals surface area contributed by atoms with Gasteiger partial charge < -0.3 is 10.5 Å². The van der Waals surface area contributed by atoms with E-state index in [4.69, 9.17) is 10.5 Å². The van der Waals surface area contributed by atoms with Gasteiger partial charge in [-0.05, 0) is 18.2 Å². The Labute approximate surface area is 103 Å². The first kappa shape index (κ1) is 11.7. The van der Waals surface area contributed by atoms with Crippen LogP contribution in [-0.4, -0.2) is 12.1 Å². The van der Waals surface area contributed by atoms with Gasteiger partial charge in [-0.15, -0.1) is 0 Å². The van der Waals surface area contributed by atoms with Gasteiger partial charge in [-0.1, -0.05) is 17.8 Å². The number of halogens is 1. The van der Waals surface area contributed by atoms with Crippen molar-refractivity contribution in [2.24, 2.45) is 0 Å². The minimum Gasteiger partial charge on any atom is -0.495 e. The summed E-state index contributed by atoms with van der Waals surface area (Å²) in [5, 5.41) is 0.721. The highest BCUT2D eigenvalue weighted by atomic mass is 32.2. The minimum atomic E-state index is -0.376. The van der Waals surface area contributed by atoms with E-state index in [0.29, 0.717) is 10.6 Å². The van der Waals surface area contributed by atoms with Gasteiger partial charge in [0, 0.05) is 12.3 Å². The Bertz CT molecular complexity index is 519. The third kappa shape index (κ3) is 2.68. The van der Waals surface area contributed by atoms with Crippen molar-refractivity contribution < 1.29 is 9.13 Å². The fourth-order valence-electron chi connectivity index (χ4n) is 1.33. The fraction of sp³-hybridized carbons (Fsp3) is 0.0833. The van der Waals surface area contributed by atoms with Gasteiger partial charge in [-0.25, -0.2) is 9.37 Å². The highest BCUT2D eigenvalue weighted by molar-refractivity contribution is 7.99. The van der Waals surface area contributed by atoms with Crippen LogP contribution in [0.25, 0.3) is 0 Å². The van der Waals surface area contributed by atoms with E-state index < -0.39 is 0 Å². The third-order valence-electron chi connectivity index (χ3n) is 2.14. The summed E-state index contributed by atoms with van der Waals surface area (Å²) in [6, 6.07) is 8.30. The molecule has 0 radical (unpaired) electrons. The molecule has 0 aliphatic carbocycles. The molecule has 0 aliphatic rings. The normalized spacial score (nSPS) is 10.2. The monoisotopic (exact) mass is 250 g/mol. The standard InChI is InChI=1S/C12H11FN2OS/c1-16-10-7-11(8(13)6-9(10)14)17-12-4-2-3-5-15-12/h2-7H,14H2,1H3. The summed E-state index contributed by atoms with van der Waals surface area (Å²) in [5.41, 5.74) is 5.89. The van der Waals surface area contributed by atoms with Crippen molar-refractivity contribution in [1.29, 1.82) is 0 Å². The fourth-order valence-corrected chi connectivity index (χ4v) is 2.13. The Morgan fingerprint density at radius 3 is 2.82 bits per heavy atom. The summed E-state index contributed by atoms with van der Waals surface area (Å²) in [6.45, 7) is 0. The van der Waals surface area contributed by atoms with Crippen molar-refractivity contribution in [2.75, 3.05) is 12.8 Å². The molecule has 1 aromatic carbocycles. The van der Waals surface area contributed by atoms with Crippen molar-refractivity contribution in [3.8, 4) is 5.75 Å². The molecule has 88 valence electrons. The Morgan fingerprint density at radius 2 is 2.18 bits per heavy atom. The van der Waals surface area contributed by atoms with Gasteiger partial charge in [-0.3, -0.25) is 0 Å². The Kier molecular flexibility index (Phi) is 3.49. The molecule has 1 heterocycles. The molecule has 0 unspecified atom stereocenters. The molecule has 0 saturated carbocycles. The number of nitrogen functional groups attached to an aromatic ring is 1. The maximum Gasteiger partial charge on any atom is 0.143 e. The number of benzene rings is 1. The van der Waals surface area contributed by atoms with E-state index in [9.17, 15) is 4.39 Å². The van der Waals surface area contributed by atoms with Gasteiger partial charge in [-0.2, -0.15) is 0 Å². The van der Waals surface area contributed by atoms with Gasteiger partial charge in [0.05, 0.1) is 17.7 Å². The molecule has 2 N–H and O–H groups in total. The van der Waals surface area contributed by atoms with Crippen molar-refractivity contribution >= 4 is 17.4 Å². The van der Waals surface area contributed by atoms with E-state index in [0.717, 1.165) is 5.03 Å². The van der Waals surface area contributed by atoms with E-state index >= 15 is 0 Å². The molecule has 0 spiro atoms. The average Bonchev–Trinajstić information content (AvgIpc) is 2.34. The zero-order chi connectivity index (χ0) is 12.3. The van der Waals surface area contributed by atoms with E-state index in [-0.39, 0.29) is 11.5 Å². The summed E-state index contributed by atoms with van der Waals surface area (Å²) in [5.74, 6) is 0.0868. The Morgan fingerprint density at radius 1 is 1.35 bits per heavy atom. The second-order valence-corrected chi connectivity index (χ2v) is 4.36. The van der Waals surface area contributed by atoms with Crippen LogP contribution < -0.4 is 10.5 Å². The zero-order valence-corrected chi connectivity index (χ0v) is 10.00. The predicted octanol–water partition coefficient (Wildman–Crippen LogP) is 2.96. The number of aromatic nitrogens is 1. The lowest BCUT2D eigenvalue weighted by molar-refractivity contribution is 0.414. The smallest absolute Gasteiger partial charge is 0.143 e. The first-order valence-electron chi connectivity index (χ1n) is 4.92. The van der Waals surface area contributed by atoms with Gasteiger partial charge >= 0.3 is 0 Å². The van der Waals surface area contributed by atoms with Crippen molar-refractivity contribution in [2.45, 2.75) is 9.92 Å². The van der Waals surface area contributed by atoms with Crippen molar-refractivity contribution in [1.82, 2.24) is 4.98 Å². The quantitative estimate of drug-likeness (QED) is 0.851. The largest absolute Gasteiger partial charge is 0.495 e. The van der Waals surface area contributed by atoms with E-state index in [1.165, 1.54) is 24.9 Å². The van der Waals surface area contributed by atoms with Gasteiger partial charge in [0.1, 0.15) is 16.6 Å². The topological polar surface area (TPSA) is 48.1 Å². The summed E-state index contributed by atoms with van der Waals surface area (Å²) in [6.07, 6.45) is 1.66. The van der Waals surface area contributed by atoms with Gasteiger partial charge in [0.15, 0.2) is 0 Å². The van der Waals surface area contributed by atoms with Crippen LogP contribution in [0.3, 0.4) is 0 Å². The number of methoxy groups -OCH3 is 1. The van der Waals surface area contributed by atoms with Crippen LogP contribution in [0.15, 0.2) is 46.5 Å². The van der Waals surface area contributed by atoms with Crippen LogP contribution in [-0.2, 0) is 0 Å². The van der Waals surface area contributed by atoms with Gasteiger partial charge in [0.25, 0.3) is 0 Å². The van der Waals surface area contributed by atoms with E-state index in [1.54, 1.807) is 12.3 Å². The molecular formula is C12H11FN2OS. The van der Waals surface area contributed by atoms with Crippen molar-refractivity contribution in [3.05, 3.63) is 42.3 Å². The predicted molar refractivity (Wildman–Crippen MR) is 65.7 cm³/mol. The maximum absolute atomic E-state index is 13.7. The maximum atomic E-state index is 13.7. The molecule has 0 atom stereocenters. The summed E-state index contributed by atoms with van der Waals surface area (Å²) >= 11 is 1.23. The average molecular weight is 250 g/mol. The lowest BCUT2D eigenvalue weighted by atomic mass is 10.3. The van der Waals surface area contributed by atoms with Crippen LogP contribution in [0, 0.1) is 5.82 Å². The minimum absolute atomic E-state index is 0.287. The number of ether oxygens (including phenoxy) is 1. The van der Waals surface area contributed by atoms with Crippen LogP contribution in [0.4, 0.5) is 10.1 Å². The molecular weight excluding hydrogens is 239 g/mol. The lowest BCUT2D eigenvalue weighted by Gasteiger charge is -2.08. The first-order valence-corrected chi connectivity index (χ1v) is 5.74. The zero-order valence-electron chi connectivity index (χ0n) is 9.18. The number of nitrogens with two attached hydrogens (primary N) is 1. The number of nitrogens with zero attached hydrogens (tertiary/aromatic N) is 1. The Hall–Kier alpha value is -1.75. The van der Waals surface area contributed by atoms with Gasteiger partial charge in [0.2, 0.25) is 0 Å². The highest BCUT2D eigenvalue weighted by Gasteiger charge is 2.10. The second-order valence-electron chi connectivity index (χ2n) is 3.29. The molecule has 0 bridgehead atoms. The lowest BCUT2D eigenvalue weighted by Crippen LogP contribution is -1.95.